The van der Waals surface area contributed by atoms with E-state index < -0.39 is 42.3 Å². The molecule has 1 fully saturated rings. The Bertz CT molecular complexity index is 2570. The van der Waals surface area contributed by atoms with Crippen molar-refractivity contribution in [1.29, 1.82) is 0 Å². The van der Waals surface area contributed by atoms with Crippen LogP contribution in [0.2, 0.25) is 0 Å². The lowest BCUT2D eigenvalue weighted by molar-refractivity contribution is -0.310. The minimum atomic E-state index is -1.07. The summed E-state index contributed by atoms with van der Waals surface area (Å²) in [6.45, 7) is 2.97. The zero-order valence-electron chi connectivity index (χ0n) is 35.5. The molecule has 328 valence electrons. The Morgan fingerprint density at radius 2 is 1.03 bits per heavy atom. The summed E-state index contributed by atoms with van der Waals surface area (Å²) in [5, 5.41) is 0.397. The van der Waals surface area contributed by atoms with E-state index in [0.29, 0.717) is 17.7 Å². The molecule has 1 saturated heterocycles. The summed E-state index contributed by atoms with van der Waals surface area (Å²) in [6, 6.07) is 54.0. The van der Waals surface area contributed by atoms with Crippen molar-refractivity contribution in [1.82, 2.24) is 0 Å². The van der Waals surface area contributed by atoms with Gasteiger partial charge >= 0.3 is 11.6 Å². The maximum Gasteiger partial charge on any atom is 0.383 e. The van der Waals surface area contributed by atoms with Crippen molar-refractivity contribution < 1.29 is 47.1 Å². The molecular formula is C53H50O11. The number of benzene rings is 6. The highest BCUT2D eigenvalue weighted by atomic mass is 16.7. The van der Waals surface area contributed by atoms with E-state index in [1.165, 1.54) is 0 Å². The lowest BCUT2D eigenvalue weighted by Crippen LogP contribution is -2.62. The third-order valence-corrected chi connectivity index (χ3v) is 10.6. The molecule has 7 aromatic rings. The molecule has 11 heteroatoms. The van der Waals surface area contributed by atoms with Gasteiger partial charge < -0.3 is 42.3 Å². The molecule has 11 nitrogen and oxygen atoms in total. The summed E-state index contributed by atoms with van der Waals surface area (Å²) in [5.74, 6) is -0.558. The van der Waals surface area contributed by atoms with E-state index in [-0.39, 0.29) is 56.5 Å². The first kappa shape index (κ1) is 44.0. The van der Waals surface area contributed by atoms with E-state index >= 15 is 0 Å². The molecule has 0 unspecified atom stereocenters. The Balaban J connectivity index is 1.15. The molecule has 0 bridgehead atoms. The number of fused-ring (bicyclic) bond motifs is 1. The van der Waals surface area contributed by atoms with Crippen molar-refractivity contribution in [3.8, 4) is 17.2 Å². The van der Waals surface area contributed by atoms with Crippen molar-refractivity contribution >= 4 is 16.9 Å². The van der Waals surface area contributed by atoms with E-state index in [1.54, 1.807) is 25.1 Å². The van der Waals surface area contributed by atoms with Crippen LogP contribution >= 0.6 is 0 Å². The summed E-state index contributed by atoms with van der Waals surface area (Å²) in [4.78, 5) is 26.0. The van der Waals surface area contributed by atoms with Gasteiger partial charge in [-0.05, 0) is 39.9 Å². The summed E-state index contributed by atoms with van der Waals surface area (Å²) in [7, 11) is 0. The van der Waals surface area contributed by atoms with E-state index in [2.05, 4.69) is 0 Å². The van der Waals surface area contributed by atoms with Gasteiger partial charge in [0.25, 0.3) is 5.75 Å². The molecule has 8 rings (SSSR count). The lowest BCUT2D eigenvalue weighted by atomic mass is 9.97. The number of hydrogen-bond acceptors (Lipinski definition) is 11. The molecule has 0 amide bonds. The summed E-state index contributed by atoms with van der Waals surface area (Å²) in [5.41, 5.74) is 4.00. The molecule has 0 N–H and O–H groups in total. The lowest BCUT2D eigenvalue weighted by Gasteiger charge is -2.45. The number of carbonyl (C=O) groups is 1. The molecule has 1 aromatic heterocycles. The monoisotopic (exact) mass is 862 g/mol. The summed E-state index contributed by atoms with van der Waals surface area (Å²) < 4.78 is 57.9. The van der Waals surface area contributed by atoms with Gasteiger partial charge in [-0.2, -0.15) is 0 Å². The smallest absolute Gasteiger partial charge is 0.383 e. The zero-order valence-corrected chi connectivity index (χ0v) is 35.5. The maximum atomic E-state index is 13.5. The first-order chi connectivity index (χ1) is 31.5. The second-order valence-electron chi connectivity index (χ2n) is 15.3. The predicted octanol–water partition coefficient (Wildman–Crippen LogP) is 9.76. The van der Waals surface area contributed by atoms with Crippen LogP contribution < -0.4 is 19.8 Å². The fraction of sp³-hybridized carbons (Fsp3) is 0.245. The molecule has 6 aromatic carbocycles. The second-order valence-corrected chi connectivity index (χ2v) is 15.3. The second kappa shape index (κ2) is 22.2. The highest BCUT2D eigenvalue weighted by Crippen LogP contribution is 2.37. The van der Waals surface area contributed by atoms with Crippen molar-refractivity contribution in [3.05, 3.63) is 208 Å². The largest absolute Gasteiger partial charge is 0.484 e. The number of esters is 1. The number of ether oxygens (including phenoxy) is 8. The van der Waals surface area contributed by atoms with Crippen LogP contribution in [-0.2, 0) is 61.5 Å². The molecule has 1 aliphatic heterocycles. The van der Waals surface area contributed by atoms with Gasteiger partial charge in [0.2, 0.25) is 6.29 Å². The predicted molar refractivity (Wildman–Crippen MR) is 240 cm³/mol. The molecular weight excluding hydrogens is 813 g/mol. The standard InChI is InChI=1S/C53H50O11/c1-2-46(54)64-50-47(57-32-38-20-10-4-11-21-38)43-29-28-42(30-44(43)62-52(50)55)61-53-51(60-35-41-26-16-7-17-27-41)49(59-34-40-24-14-6-15-25-40)48(58-33-39-22-12-5-13-23-39)45(63-53)36-56-31-37-18-8-3-9-19-37/h3-30,45,48-49,51,53H,2,31-36H2,1H3/t45-,48-,49+,51-,53-/m1/s1. The van der Waals surface area contributed by atoms with E-state index in [4.69, 9.17) is 42.3 Å². The molecule has 5 atom stereocenters. The number of carbonyl (C=O) groups excluding carboxylic acids is 1. The van der Waals surface area contributed by atoms with Crippen LogP contribution in [0.15, 0.2) is 179 Å². The van der Waals surface area contributed by atoms with Crippen LogP contribution in [0.5, 0.6) is 17.2 Å². The normalized spacial score (nSPS) is 18.4. The van der Waals surface area contributed by atoms with Crippen molar-refractivity contribution in [2.24, 2.45) is 0 Å². The molecule has 0 saturated carbocycles. The third-order valence-electron chi connectivity index (χ3n) is 10.6. The van der Waals surface area contributed by atoms with Crippen LogP contribution in [-0.4, -0.2) is 43.3 Å². The van der Waals surface area contributed by atoms with Gasteiger partial charge in [-0.25, -0.2) is 4.79 Å². The topological polar surface area (TPSA) is 121 Å². The Morgan fingerprint density at radius 3 is 1.56 bits per heavy atom. The van der Waals surface area contributed by atoms with Gasteiger partial charge in [0.1, 0.15) is 42.4 Å². The van der Waals surface area contributed by atoms with Crippen LogP contribution in [0.25, 0.3) is 11.0 Å². The highest BCUT2D eigenvalue weighted by molar-refractivity contribution is 5.88. The Kier molecular flexibility index (Phi) is 15.2. The highest BCUT2D eigenvalue weighted by Gasteiger charge is 2.50. The number of rotatable bonds is 20. The van der Waals surface area contributed by atoms with E-state index in [0.717, 1.165) is 27.8 Å². The average Bonchev–Trinajstić information content (AvgIpc) is 3.34. The van der Waals surface area contributed by atoms with Crippen molar-refractivity contribution in [2.75, 3.05) is 6.61 Å². The summed E-state index contributed by atoms with van der Waals surface area (Å²) in [6.07, 6.45) is -3.98. The van der Waals surface area contributed by atoms with E-state index in [1.807, 2.05) is 152 Å². The Morgan fingerprint density at radius 1 is 0.547 bits per heavy atom. The van der Waals surface area contributed by atoms with Crippen LogP contribution in [0.1, 0.15) is 41.2 Å². The molecule has 0 aliphatic carbocycles. The summed E-state index contributed by atoms with van der Waals surface area (Å²) >= 11 is 0. The van der Waals surface area contributed by atoms with Crippen LogP contribution in [0.4, 0.5) is 0 Å². The van der Waals surface area contributed by atoms with Gasteiger partial charge in [-0.1, -0.05) is 159 Å². The van der Waals surface area contributed by atoms with Gasteiger partial charge in [-0.3, -0.25) is 4.79 Å². The fourth-order valence-corrected chi connectivity index (χ4v) is 7.33. The van der Waals surface area contributed by atoms with Gasteiger partial charge in [0.15, 0.2) is 5.75 Å². The first-order valence-electron chi connectivity index (χ1n) is 21.4. The van der Waals surface area contributed by atoms with Gasteiger partial charge in [0, 0.05) is 12.5 Å². The fourth-order valence-electron chi connectivity index (χ4n) is 7.33. The quantitative estimate of drug-likeness (QED) is 0.0538. The zero-order chi connectivity index (χ0) is 43.9. The first-order valence-corrected chi connectivity index (χ1v) is 21.4. The molecule has 2 heterocycles. The molecule has 0 spiro atoms. The van der Waals surface area contributed by atoms with Crippen LogP contribution in [0, 0.1) is 0 Å². The van der Waals surface area contributed by atoms with Gasteiger partial charge in [0.05, 0.1) is 38.4 Å². The maximum absolute atomic E-state index is 13.5. The average molecular weight is 863 g/mol. The molecule has 64 heavy (non-hydrogen) atoms. The molecule has 0 radical (unpaired) electrons. The van der Waals surface area contributed by atoms with E-state index in [9.17, 15) is 9.59 Å². The SMILES string of the molecule is CCC(=O)Oc1c(OCc2ccccc2)c2ccc(O[C@@H]3O[C@H](COCc4ccccc4)[C@@H](OCc4ccccc4)[C@H](OCc4ccccc4)[C@H]3OCc3ccccc3)cc2oc1=O. The minimum Gasteiger partial charge on any atom is -0.484 e. The van der Waals surface area contributed by atoms with Crippen LogP contribution in [0.3, 0.4) is 0 Å². The third kappa shape index (κ3) is 11.7. The molecule has 1 aliphatic rings. The Labute approximate surface area is 372 Å². The van der Waals surface area contributed by atoms with Crippen molar-refractivity contribution in [3.63, 3.8) is 0 Å². The minimum absolute atomic E-state index is 0.0454. The Hall–Kier alpha value is -6.60. The van der Waals surface area contributed by atoms with Gasteiger partial charge in [-0.15, -0.1) is 0 Å². The van der Waals surface area contributed by atoms with Crippen molar-refractivity contribution in [2.45, 2.75) is 77.1 Å². The number of hydrogen-bond donors (Lipinski definition) is 0.